The molecule has 0 aromatic carbocycles. The van der Waals surface area contributed by atoms with Crippen molar-refractivity contribution in [3.8, 4) is 0 Å². The number of piperazine rings is 1. The van der Waals surface area contributed by atoms with Crippen LogP contribution < -0.4 is 5.32 Å². The maximum atomic E-state index is 5.53. The summed E-state index contributed by atoms with van der Waals surface area (Å²) in [6.45, 7) is 14.9. The molecule has 0 spiro atoms. The molecule has 0 aromatic heterocycles. The minimum Gasteiger partial charge on any atom is -0.499 e. The summed E-state index contributed by atoms with van der Waals surface area (Å²) in [5.41, 5.74) is 0. The second-order valence-electron chi connectivity index (χ2n) is 5.04. The van der Waals surface area contributed by atoms with E-state index in [1.54, 1.807) is 0 Å². The maximum Gasteiger partial charge on any atom is 0.111 e. The zero-order chi connectivity index (χ0) is 15.9. The van der Waals surface area contributed by atoms with Crippen LogP contribution in [0.3, 0.4) is 0 Å². The van der Waals surface area contributed by atoms with Gasteiger partial charge in [-0.25, -0.2) is 0 Å². The molecule has 6 heteroatoms. The molecule has 0 saturated carbocycles. The van der Waals surface area contributed by atoms with E-state index in [9.17, 15) is 0 Å². The van der Waals surface area contributed by atoms with Crippen molar-refractivity contribution in [1.82, 2.24) is 10.2 Å². The lowest BCUT2D eigenvalue weighted by atomic mass is 10.1. The fourth-order valence-electron chi connectivity index (χ4n) is 2.29. The van der Waals surface area contributed by atoms with Crippen LogP contribution in [0.15, 0.2) is 25.7 Å². The van der Waals surface area contributed by atoms with E-state index in [1.165, 1.54) is 12.5 Å². The zero-order valence-corrected chi connectivity index (χ0v) is 13.5. The highest BCUT2D eigenvalue weighted by Crippen LogP contribution is 2.03. The Labute approximate surface area is 134 Å². The van der Waals surface area contributed by atoms with Gasteiger partial charge in [0.05, 0.1) is 32.3 Å². The highest BCUT2D eigenvalue weighted by Gasteiger charge is 2.18. The van der Waals surface area contributed by atoms with Crippen molar-refractivity contribution < 1.29 is 18.9 Å². The molecule has 128 valence electrons. The molecule has 0 amide bonds. The van der Waals surface area contributed by atoms with E-state index in [4.69, 9.17) is 18.9 Å². The van der Waals surface area contributed by atoms with Crippen LogP contribution in [0.2, 0.25) is 0 Å². The molecule has 1 aliphatic rings. The van der Waals surface area contributed by atoms with Crippen LogP contribution in [-0.4, -0.2) is 76.8 Å². The van der Waals surface area contributed by atoms with E-state index in [-0.39, 0.29) is 0 Å². The molecule has 1 saturated heterocycles. The van der Waals surface area contributed by atoms with Crippen LogP contribution in [0.25, 0.3) is 0 Å². The van der Waals surface area contributed by atoms with Gasteiger partial charge in [0.15, 0.2) is 0 Å². The second kappa shape index (κ2) is 13.6. The molecule has 0 aromatic rings. The molecule has 6 nitrogen and oxygen atoms in total. The topological polar surface area (TPSA) is 52.2 Å². The van der Waals surface area contributed by atoms with Gasteiger partial charge in [-0.3, -0.25) is 4.90 Å². The fraction of sp³-hybridized carbons (Fsp3) is 0.750. The summed E-state index contributed by atoms with van der Waals surface area (Å²) in [7, 11) is 0. The molecule has 0 radical (unpaired) electrons. The predicted octanol–water partition coefficient (Wildman–Crippen LogP) is 1.00. The molecular formula is C16H30N2O4. The van der Waals surface area contributed by atoms with Crippen LogP contribution >= 0.6 is 0 Å². The third-order valence-electron chi connectivity index (χ3n) is 3.43. The van der Waals surface area contributed by atoms with Crippen LogP contribution in [-0.2, 0) is 18.9 Å². The number of ether oxygens (including phenoxy) is 4. The molecule has 1 rings (SSSR count). The van der Waals surface area contributed by atoms with E-state index in [0.29, 0.717) is 32.5 Å². The number of hydrogen-bond donors (Lipinski definition) is 1. The first-order valence-electron chi connectivity index (χ1n) is 7.93. The van der Waals surface area contributed by atoms with Gasteiger partial charge in [-0.15, -0.1) is 0 Å². The van der Waals surface area contributed by atoms with Crippen molar-refractivity contribution >= 4 is 0 Å². The third-order valence-corrected chi connectivity index (χ3v) is 3.43. The van der Waals surface area contributed by atoms with Gasteiger partial charge in [0, 0.05) is 38.8 Å². The predicted molar refractivity (Wildman–Crippen MR) is 86.8 cm³/mol. The van der Waals surface area contributed by atoms with Crippen molar-refractivity contribution in [2.75, 3.05) is 65.8 Å². The van der Waals surface area contributed by atoms with Crippen LogP contribution in [0.1, 0.15) is 6.42 Å². The van der Waals surface area contributed by atoms with Crippen LogP contribution in [0.4, 0.5) is 0 Å². The number of hydrogen-bond acceptors (Lipinski definition) is 6. The van der Waals surface area contributed by atoms with Gasteiger partial charge in [-0.05, 0) is 6.42 Å². The Bertz CT molecular complexity index is 263. The SMILES string of the molecule is C=COCCOCCC1CN(CCOCCOC=C)CCN1. The van der Waals surface area contributed by atoms with E-state index in [2.05, 4.69) is 23.4 Å². The molecular weight excluding hydrogens is 284 g/mol. The average Bonchev–Trinajstić information content (AvgIpc) is 2.54. The molecule has 22 heavy (non-hydrogen) atoms. The van der Waals surface area contributed by atoms with Crippen LogP contribution in [0, 0.1) is 0 Å². The van der Waals surface area contributed by atoms with Gasteiger partial charge < -0.3 is 24.3 Å². The lowest BCUT2D eigenvalue weighted by Gasteiger charge is -2.33. The molecule has 0 aliphatic carbocycles. The standard InChI is InChI=1S/C16H30N2O4/c1-3-19-11-13-21-9-5-16-15-18(7-6-17-16)8-10-22-14-12-20-4-2/h3-4,16-17H,1-2,5-15H2. The summed E-state index contributed by atoms with van der Waals surface area (Å²) in [5, 5.41) is 3.53. The molecule has 1 atom stereocenters. The van der Waals surface area contributed by atoms with Gasteiger partial charge in [-0.1, -0.05) is 13.2 Å². The first kappa shape index (κ1) is 19.0. The molecule has 1 fully saturated rings. The smallest absolute Gasteiger partial charge is 0.111 e. The van der Waals surface area contributed by atoms with Crippen LogP contribution in [0.5, 0.6) is 0 Å². The lowest BCUT2D eigenvalue weighted by molar-refractivity contribution is 0.0544. The first-order chi connectivity index (χ1) is 10.9. The minimum atomic E-state index is 0.484. The number of nitrogens with zero attached hydrogens (tertiary/aromatic N) is 1. The second-order valence-corrected chi connectivity index (χ2v) is 5.04. The normalized spacial score (nSPS) is 18.8. The molecule has 1 unspecified atom stereocenters. The minimum absolute atomic E-state index is 0.484. The van der Waals surface area contributed by atoms with Gasteiger partial charge in [0.25, 0.3) is 0 Å². The quantitative estimate of drug-likeness (QED) is 0.381. The van der Waals surface area contributed by atoms with Crippen molar-refractivity contribution in [2.45, 2.75) is 12.5 Å². The van der Waals surface area contributed by atoms with Gasteiger partial charge >= 0.3 is 0 Å². The van der Waals surface area contributed by atoms with Gasteiger partial charge in [0.1, 0.15) is 13.2 Å². The van der Waals surface area contributed by atoms with Crippen molar-refractivity contribution in [3.63, 3.8) is 0 Å². The first-order valence-corrected chi connectivity index (χ1v) is 7.93. The lowest BCUT2D eigenvalue weighted by Crippen LogP contribution is -2.51. The van der Waals surface area contributed by atoms with Gasteiger partial charge in [-0.2, -0.15) is 0 Å². The Morgan fingerprint density at radius 3 is 2.32 bits per heavy atom. The largest absolute Gasteiger partial charge is 0.499 e. The summed E-state index contributed by atoms with van der Waals surface area (Å²) in [5.74, 6) is 0. The molecule has 1 aliphatic heterocycles. The Hall–Kier alpha value is -1.08. The Morgan fingerprint density at radius 2 is 1.64 bits per heavy atom. The van der Waals surface area contributed by atoms with E-state index in [1.807, 2.05) is 0 Å². The van der Waals surface area contributed by atoms with Crippen molar-refractivity contribution in [3.05, 3.63) is 25.7 Å². The Morgan fingerprint density at radius 1 is 0.955 bits per heavy atom. The maximum absolute atomic E-state index is 5.53. The third kappa shape index (κ3) is 9.78. The summed E-state index contributed by atoms with van der Waals surface area (Å²) in [4.78, 5) is 2.43. The Balaban J connectivity index is 1.98. The fourth-order valence-corrected chi connectivity index (χ4v) is 2.29. The average molecular weight is 314 g/mol. The zero-order valence-electron chi connectivity index (χ0n) is 13.5. The highest BCUT2D eigenvalue weighted by molar-refractivity contribution is 4.78. The Kier molecular flexibility index (Phi) is 11.7. The number of nitrogens with one attached hydrogen (secondary N) is 1. The summed E-state index contributed by atoms with van der Waals surface area (Å²) < 4.78 is 21.1. The molecule has 0 bridgehead atoms. The van der Waals surface area contributed by atoms with E-state index in [0.717, 1.165) is 45.8 Å². The molecule has 1 heterocycles. The monoisotopic (exact) mass is 314 g/mol. The van der Waals surface area contributed by atoms with E-state index >= 15 is 0 Å². The summed E-state index contributed by atoms with van der Waals surface area (Å²) in [6, 6.07) is 0.484. The van der Waals surface area contributed by atoms with Crippen molar-refractivity contribution in [1.29, 1.82) is 0 Å². The van der Waals surface area contributed by atoms with Crippen molar-refractivity contribution in [2.24, 2.45) is 0 Å². The highest BCUT2D eigenvalue weighted by atomic mass is 16.5. The van der Waals surface area contributed by atoms with Gasteiger partial charge in [0.2, 0.25) is 0 Å². The summed E-state index contributed by atoms with van der Waals surface area (Å²) in [6.07, 6.45) is 3.89. The molecule has 1 N–H and O–H groups in total. The summed E-state index contributed by atoms with van der Waals surface area (Å²) >= 11 is 0. The van der Waals surface area contributed by atoms with E-state index < -0.39 is 0 Å². The number of rotatable bonds is 14.